The van der Waals surface area contributed by atoms with Gasteiger partial charge in [-0.3, -0.25) is 20.4 Å². The summed E-state index contributed by atoms with van der Waals surface area (Å²) in [5.41, 5.74) is 6.02. The van der Waals surface area contributed by atoms with Crippen molar-refractivity contribution in [2.75, 3.05) is 13.1 Å². The summed E-state index contributed by atoms with van der Waals surface area (Å²) in [5, 5.41) is 14.1. The van der Waals surface area contributed by atoms with Crippen molar-refractivity contribution in [2.24, 2.45) is 5.92 Å². The summed E-state index contributed by atoms with van der Waals surface area (Å²) < 4.78 is 28.4. The number of nitrogens with one attached hydrogen (secondary N) is 2. The van der Waals surface area contributed by atoms with Crippen molar-refractivity contribution >= 4 is 21.8 Å². The molecule has 0 saturated carbocycles. The number of hydrogen-bond acceptors (Lipinski definition) is 6. The summed E-state index contributed by atoms with van der Waals surface area (Å²) in [7, 11) is -3.62. The van der Waals surface area contributed by atoms with E-state index in [1.807, 2.05) is 13.0 Å². The molecule has 3 aromatic rings. The maximum atomic E-state index is 12.8. The summed E-state index contributed by atoms with van der Waals surface area (Å²) >= 11 is 0. The largest absolute Gasteiger partial charge is 0.504 e. The lowest BCUT2D eigenvalue weighted by Crippen LogP contribution is -2.48. The van der Waals surface area contributed by atoms with Crippen LogP contribution in [0.5, 0.6) is 5.75 Å². The second-order valence-electron chi connectivity index (χ2n) is 8.08. The molecule has 1 saturated heterocycles. The van der Waals surface area contributed by atoms with Crippen molar-refractivity contribution in [1.82, 2.24) is 24.9 Å². The Bertz CT molecular complexity index is 1280. The van der Waals surface area contributed by atoms with Crippen LogP contribution in [0.1, 0.15) is 28.9 Å². The molecule has 3 N–H and O–H groups in total. The van der Waals surface area contributed by atoms with Crippen LogP contribution in [0.25, 0.3) is 5.69 Å². The number of sulfonamides is 1. The Morgan fingerprint density at radius 1 is 1.00 bits per heavy atom. The number of amides is 2. The van der Waals surface area contributed by atoms with E-state index in [2.05, 4.69) is 16.0 Å². The topological polar surface area (TPSA) is 134 Å². The fourth-order valence-corrected chi connectivity index (χ4v) is 5.21. The van der Waals surface area contributed by atoms with Gasteiger partial charge in [0.1, 0.15) is 0 Å². The molecular weight excluding hydrogens is 458 g/mol. The highest BCUT2D eigenvalue weighted by Gasteiger charge is 2.32. The normalized spacial score (nSPS) is 15.1. The molecule has 2 heterocycles. The van der Waals surface area contributed by atoms with Gasteiger partial charge in [0, 0.05) is 19.0 Å². The van der Waals surface area contributed by atoms with Gasteiger partial charge >= 0.3 is 0 Å². The van der Waals surface area contributed by atoms with Gasteiger partial charge in [-0.15, -0.1) is 0 Å². The van der Waals surface area contributed by atoms with E-state index in [9.17, 15) is 23.1 Å². The monoisotopic (exact) mass is 483 g/mol. The quantitative estimate of drug-likeness (QED) is 0.474. The van der Waals surface area contributed by atoms with Crippen molar-refractivity contribution in [3.63, 3.8) is 0 Å². The highest BCUT2D eigenvalue weighted by Crippen LogP contribution is 2.24. The molecule has 10 nitrogen and oxygen atoms in total. The third-order valence-corrected chi connectivity index (χ3v) is 7.63. The predicted octanol–water partition coefficient (Wildman–Crippen LogP) is 1.75. The van der Waals surface area contributed by atoms with Crippen molar-refractivity contribution in [2.45, 2.75) is 24.7 Å². The molecule has 0 spiro atoms. The number of carbonyl (C=O) groups excluding carboxylic acids is 2. The average molecular weight is 484 g/mol. The van der Waals surface area contributed by atoms with Crippen LogP contribution in [0.15, 0.2) is 65.7 Å². The van der Waals surface area contributed by atoms with Gasteiger partial charge in [0.15, 0.2) is 11.4 Å². The number of hydrazine groups is 1. The summed E-state index contributed by atoms with van der Waals surface area (Å²) in [4.78, 5) is 25.2. The molecule has 0 radical (unpaired) electrons. The van der Waals surface area contributed by atoms with Crippen LogP contribution in [0.3, 0.4) is 0 Å². The molecule has 34 heavy (non-hydrogen) atoms. The highest BCUT2D eigenvalue weighted by molar-refractivity contribution is 7.89. The molecule has 178 valence electrons. The molecule has 1 aliphatic rings. The average Bonchev–Trinajstić information content (AvgIpc) is 3.25. The molecule has 2 aromatic carbocycles. The second kappa shape index (κ2) is 9.65. The molecule has 0 unspecified atom stereocenters. The van der Waals surface area contributed by atoms with Crippen LogP contribution in [0.4, 0.5) is 0 Å². The molecular formula is C23H25N5O5S. The zero-order valence-corrected chi connectivity index (χ0v) is 19.3. The van der Waals surface area contributed by atoms with Gasteiger partial charge in [-0.2, -0.15) is 9.40 Å². The third-order valence-electron chi connectivity index (χ3n) is 5.71. The molecule has 0 aliphatic carbocycles. The van der Waals surface area contributed by atoms with E-state index in [-0.39, 0.29) is 29.4 Å². The third kappa shape index (κ3) is 4.95. The Kier molecular flexibility index (Phi) is 6.66. The van der Waals surface area contributed by atoms with Crippen molar-refractivity contribution in [1.29, 1.82) is 0 Å². The number of para-hydroxylation sites is 1. The minimum atomic E-state index is -3.62. The number of piperidine rings is 1. The highest BCUT2D eigenvalue weighted by atomic mass is 32.2. The number of aryl methyl sites for hydroxylation is 1. The fourth-order valence-electron chi connectivity index (χ4n) is 3.74. The van der Waals surface area contributed by atoms with E-state index in [1.165, 1.54) is 15.2 Å². The zero-order chi connectivity index (χ0) is 24.3. The Balaban J connectivity index is 1.31. The van der Waals surface area contributed by atoms with Crippen LogP contribution in [-0.4, -0.2) is 52.5 Å². The number of aromatic hydroxyl groups is 1. The first-order valence-electron chi connectivity index (χ1n) is 10.8. The number of aromatic nitrogens is 2. The second-order valence-corrected chi connectivity index (χ2v) is 10.0. The van der Waals surface area contributed by atoms with E-state index in [0.29, 0.717) is 18.5 Å². The number of rotatable bonds is 5. The van der Waals surface area contributed by atoms with Gasteiger partial charge in [0.25, 0.3) is 5.91 Å². The van der Waals surface area contributed by atoms with Crippen molar-refractivity contribution in [3.05, 3.63) is 72.1 Å². The summed E-state index contributed by atoms with van der Waals surface area (Å²) in [6.45, 7) is 2.28. The molecule has 1 aliphatic heterocycles. The van der Waals surface area contributed by atoms with Crippen LogP contribution in [0.2, 0.25) is 0 Å². The number of nitrogens with zero attached hydrogens (tertiary/aromatic N) is 3. The van der Waals surface area contributed by atoms with E-state index >= 15 is 0 Å². The minimum Gasteiger partial charge on any atom is -0.504 e. The molecule has 1 fully saturated rings. The summed E-state index contributed by atoms with van der Waals surface area (Å²) in [5.74, 6) is -1.98. The van der Waals surface area contributed by atoms with Gasteiger partial charge in [-0.25, -0.2) is 13.1 Å². The predicted molar refractivity (Wildman–Crippen MR) is 123 cm³/mol. The lowest BCUT2D eigenvalue weighted by atomic mass is 9.98. The Hall–Kier alpha value is -3.70. The molecule has 1 aromatic heterocycles. The van der Waals surface area contributed by atoms with Crippen molar-refractivity contribution in [3.8, 4) is 11.4 Å². The smallest absolute Gasteiger partial charge is 0.294 e. The maximum absolute atomic E-state index is 12.8. The standard InChI is InChI=1S/C23H25N5O5S/c1-16-7-9-19(10-8-16)34(32,33)27-13-11-17(12-14-27)22(30)24-25-23(31)21-20(29)15-28(26-21)18-5-3-2-4-6-18/h2-10,15,17,29H,11-14H2,1H3,(H,24,30)(H,25,31). The van der Waals surface area contributed by atoms with Gasteiger partial charge in [0.05, 0.1) is 16.8 Å². The molecule has 0 atom stereocenters. The summed E-state index contributed by atoms with van der Waals surface area (Å²) in [6.07, 6.45) is 1.94. The van der Waals surface area contributed by atoms with Gasteiger partial charge in [-0.1, -0.05) is 35.9 Å². The molecule has 0 bridgehead atoms. The lowest BCUT2D eigenvalue weighted by Gasteiger charge is -2.30. The van der Waals surface area contributed by atoms with Crippen LogP contribution in [-0.2, 0) is 14.8 Å². The van der Waals surface area contributed by atoms with Gasteiger partial charge in [-0.05, 0) is 44.0 Å². The fraction of sp³-hybridized carbons (Fsp3) is 0.261. The lowest BCUT2D eigenvalue weighted by molar-refractivity contribution is -0.126. The first-order valence-corrected chi connectivity index (χ1v) is 12.2. The first kappa shape index (κ1) is 23.5. The van der Waals surface area contributed by atoms with Gasteiger partial charge < -0.3 is 5.11 Å². The van der Waals surface area contributed by atoms with E-state index < -0.39 is 27.8 Å². The minimum absolute atomic E-state index is 0.199. The number of carbonyl (C=O) groups is 2. The first-order chi connectivity index (χ1) is 16.3. The van der Waals surface area contributed by atoms with Gasteiger partial charge in [0.2, 0.25) is 15.9 Å². The zero-order valence-electron chi connectivity index (χ0n) is 18.5. The molecule has 2 amide bonds. The Labute approximate surface area is 197 Å². The summed E-state index contributed by atoms with van der Waals surface area (Å²) in [6, 6.07) is 15.6. The van der Waals surface area contributed by atoms with Crippen molar-refractivity contribution < 1.29 is 23.1 Å². The number of hydrogen-bond donors (Lipinski definition) is 3. The van der Waals surface area contributed by atoms with E-state index in [4.69, 9.17) is 0 Å². The van der Waals surface area contributed by atoms with Crippen LogP contribution < -0.4 is 10.9 Å². The van der Waals surface area contributed by atoms with Crippen LogP contribution >= 0.6 is 0 Å². The Morgan fingerprint density at radius 3 is 2.29 bits per heavy atom. The Morgan fingerprint density at radius 2 is 1.65 bits per heavy atom. The number of benzene rings is 2. The van der Waals surface area contributed by atoms with Crippen LogP contribution in [0, 0.1) is 12.8 Å². The van der Waals surface area contributed by atoms with E-state index in [1.54, 1.807) is 48.5 Å². The molecule has 4 rings (SSSR count). The molecule has 11 heteroatoms. The maximum Gasteiger partial charge on any atom is 0.294 e. The SMILES string of the molecule is Cc1ccc(S(=O)(=O)N2CCC(C(=O)NNC(=O)c3nn(-c4ccccc4)cc3O)CC2)cc1. The van der Waals surface area contributed by atoms with E-state index in [0.717, 1.165) is 5.56 Å².